The van der Waals surface area contributed by atoms with Crippen molar-refractivity contribution in [3.05, 3.63) is 85.5 Å². The smallest absolute Gasteiger partial charge is 0.312 e. The number of aliphatic hydroxyl groups is 1. The molecular weight excluding hydrogens is 548 g/mol. The molecule has 1 N–H and O–H groups in total. The molecule has 3 aliphatic rings. The molecule has 9 nitrogen and oxygen atoms in total. The first-order valence-electron chi connectivity index (χ1n) is 14.9. The number of unbranched alkanes of at least 4 members (excludes halogenated alkanes) is 2. The molecule has 2 bridgehead atoms. The Kier molecular flexibility index (Phi) is 9.32. The number of carbonyl (C=O) groups is 3. The van der Waals surface area contributed by atoms with Crippen LogP contribution in [0.2, 0.25) is 0 Å². The molecule has 5 rings (SSSR count). The van der Waals surface area contributed by atoms with Crippen LogP contribution < -0.4 is 9.64 Å². The molecule has 43 heavy (non-hydrogen) atoms. The Labute approximate surface area is 252 Å². The summed E-state index contributed by atoms with van der Waals surface area (Å²) in [5.74, 6) is -2.32. The van der Waals surface area contributed by atoms with Gasteiger partial charge in [0.05, 0.1) is 44.3 Å². The van der Waals surface area contributed by atoms with Crippen molar-refractivity contribution in [3.8, 4) is 5.75 Å². The number of hydrogen-bond acceptors (Lipinski definition) is 7. The first kappa shape index (κ1) is 30.5. The van der Waals surface area contributed by atoms with Gasteiger partial charge in [0, 0.05) is 12.2 Å². The molecule has 9 heteroatoms. The number of carbonyl (C=O) groups excluding carboxylic acids is 3. The summed E-state index contributed by atoms with van der Waals surface area (Å²) in [6.45, 7) is 7.59. The van der Waals surface area contributed by atoms with Crippen molar-refractivity contribution in [2.75, 3.05) is 31.8 Å². The fourth-order valence-corrected chi connectivity index (χ4v) is 7.02. The van der Waals surface area contributed by atoms with E-state index in [2.05, 4.69) is 13.2 Å². The molecule has 3 heterocycles. The van der Waals surface area contributed by atoms with E-state index in [-0.39, 0.29) is 25.0 Å². The van der Waals surface area contributed by atoms with Gasteiger partial charge >= 0.3 is 5.97 Å². The van der Waals surface area contributed by atoms with E-state index in [0.717, 1.165) is 12.8 Å². The average molecular weight is 589 g/mol. The molecule has 228 valence electrons. The van der Waals surface area contributed by atoms with Crippen molar-refractivity contribution in [3.63, 3.8) is 0 Å². The van der Waals surface area contributed by atoms with Crippen LogP contribution in [0.3, 0.4) is 0 Å². The van der Waals surface area contributed by atoms with Crippen LogP contribution in [0, 0.1) is 11.8 Å². The molecule has 6 atom stereocenters. The van der Waals surface area contributed by atoms with Crippen LogP contribution >= 0.6 is 0 Å². The van der Waals surface area contributed by atoms with Gasteiger partial charge in [-0.1, -0.05) is 42.5 Å². The van der Waals surface area contributed by atoms with Crippen LogP contribution in [-0.2, 0) is 23.9 Å². The Morgan fingerprint density at radius 3 is 2.53 bits per heavy atom. The molecule has 2 aromatic rings. The lowest BCUT2D eigenvalue weighted by atomic mass is 9.70. The van der Waals surface area contributed by atoms with Crippen molar-refractivity contribution in [1.82, 2.24) is 4.90 Å². The summed E-state index contributed by atoms with van der Waals surface area (Å²) in [4.78, 5) is 45.8. The maximum absolute atomic E-state index is 14.7. The number of rotatable bonds is 14. The highest BCUT2D eigenvalue weighted by Crippen LogP contribution is 2.60. The lowest BCUT2D eigenvalue weighted by Gasteiger charge is -2.39. The van der Waals surface area contributed by atoms with E-state index in [1.807, 2.05) is 36.4 Å². The van der Waals surface area contributed by atoms with Crippen LogP contribution in [0.15, 0.2) is 79.9 Å². The molecule has 2 aromatic carbocycles. The third-order valence-electron chi connectivity index (χ3n) is 8.95. The average Bonchev–Trinajstić information content (AvgIpc) is 3.68. The monoisotopic (exact) mass is 588 g/mol. The number of hydrogen-bond donors (Lipinski definition) is 1. The summed E-state index contributed by atoms with van der Waals surface area (Å²) >= 11 is 0. The minimum atomic E-state index is -1.24. The number of aliphatic hydroxyl groups excluding tert-OH is 1. The molecule has 0 aromatic heterocycles. The second-order valence-electron chi connectivity index (χ2n) is 11.3. The SMILES string of the molecule is C=CCCCCOC(=O)[C@@H]1[C@H]2C(=O)N([C@H](CO)c3ccccc3)C(C(=O)N(CC=C)c3ccc(OC)cc3)C23CC[C@H]1O3. The van der Waals surface area contributed by atoms with Crippen molar-refractivity contribution in [1.29, 1.82) is 0 Å². The summed E-state index contributed by atoms with van der Waals surface area (Å²) < 4.78 is 17.5. The summed E-state index contributed by atoms with van der Waals surface area (Å²) in [5.41, 5.74) is 0.0452. The van der Waals surface area contributed by atoms with Crippen LogP contribution in [0.1, 0.15) is 43.7 Å². The van der Waals surface area contributed by atoms with Gasteiger partial charge in [-0.05, 0) is 61.9 Å². The van der Waals surface area contributed by atoms with E-state index in [0.29, 0.717) is 36.3 Å². The standard InChI is InChI=1S/C34H40N2O7/c1-4-6-7-11-21-42-33(40)28-27-18-19-34(43-27)29(28)31(38)36(26(22-37)23-12-9-8-10-13-23)30(34)32(39)35(20-5-2)24-14-16-25(41-3)17-15-24/h4-5,8-10,12-17,26-30,37H,1-2,6-7,11,18-22H2,3H3/t26-,27-,28+,29+,30?,34?/m1/s1. The van der Waals surface area contributed by atoms with Crippen molar-refractivity contribution < 1.29 is 33.7 Å². The zero-order valence-electron chi connectivity index (χ0n) is 24.6. The van der Waals surface area contributed by atoms with E-state index >= 15 is 0 Å². The molecule has 3 aliphatic heterocycles. The summed E-state index contributed by atoms with van der Waals surface area (Å²) in [5, 5.41) is 10.7. The Morgan fingerprint density at radius 2 is 1.88 bits per heavy atom. The van der Waals surface area contributed by atoms with E-state index in [1.54, 1.807) is 42.4 Å². The number of fused-ring (bicyclic) bond motifs is 1. The molecule has 0 radical (unpaired) electrons. The second-order valence-corrected chi connectivity index (χ2v) is 11.3. The van der Waals surface area contributed by atoms with Crippen molar-refractivity contribution in [2.24, 2.45) is 11.8 Å². The van der Waals surface area contributed by atoms with Crippen molar-refractivity contribution in [2.45, 2.75) is 55.9 Å². The van der Waals surface area contributed by atoms with E-state index in [4.69, 9.17) is 14.2 Å². The second kappa shape index (κ2) is 13.1. The Balaban J connectivity index is 1.54. The first-order valence-corrected chi connectivity index (χ1v) is 14.9. The third kappa shape index (κ3) is 5.47. The van der Waals surface area contributed by atoms with E-state index in [1.165, 1.54) is 4.90 Å². The number of allylic oxidation sites excluding steroid dienone is 1. The van der Waals surface area contributed by atoms with Gasteiger partial charge in [-0.25, -0.2) is 0 Å². The normalized spacial score (nSPS) is 26.1. The first-order chi connectivity index (χ1) is 20.9. The lowest BCUT2D eigenvalue weighted by molar-refractivity contribution is -0.156. The number of benzene rings is 2. The van der Waals surface area contributed by atoms with Gasteiger partial charge in [0.15, 0.2) is 0 Å². The highest BCUT2D eigenvalue weighted by Gasteiger charge is 2.75. The zero-order valence-corrected chi connectivity index (χ0v) is 24.6. The predicted molar refractivity (Wildman–Crippen MR) is 161 cm³/mol. The molecule has 0 aliphatic carbocycles. The summed E-state index contributed by atoms with van der Waals surface area (Å²) in [7, 11) is 1.57. The Hall–Kier alpha value is -3.95. The number of anilines is 1. The highest BCUT2D eigenvalue weighted by atomic mass is 16.6. The summed E-state index contributed by atoms with van der Waals surface area (Å²) in [6.07, 6.45) is 6.24. The van der Waals surface area contributed by atoms with Gasteiger partial charge < -0.3 is 29.1 Å². The molecule has 3 saturated heterocycles. The van der Waals surface area contributed by atoms with Crippen molar-refractivity contribution >= 4 is 23.5 Å². The molecule has 2 amide bonds. The minimum Gasteiger partial charge on any atom is -0.497 e. The highest BCUT2D eigenvalue weighted by molar-refractivity contribution is 6.05. The zero-order chi connectivity index (χ0) is 30.6. The Bertz CT molecular complexity index is 1330. The van der Waals surface area contributed by atoms with Crippen LogP contribution in [0.25, 0.3) is 0 Å². The lowest BCUT2D eigenvalue weighted by Crippen LogP contribution is -2.57. The van der Waals surface area contributed by atoms with E-state index in [9.17, 15) is 19.5 Å². The number of likely N-dealkylation sites (tertiary alicyclic amines) is 1. The number of amides is 2. The van der Waals surface area contributed by atoms with Crippen LogP contribution in [0.4, 0.5) is 5.69 Å². The van der Waals surface area contributed by atoms with Gasteiger partial charge in [-0.2, -0.15) is 0 Å². The molecular formula is C34H40N2O7. The fraction of sp³-hybridized carbons (Fsp3) is 0.441. The minimum absolute atomic E-state index is 0.180. The maximum atomic E-state index is 14.7. The molecule has 1 spiro atoms. The van der Waals surface area contributed by atoms with Gasteiger partial charge in [0.25, 0.3) is 5.91 Å². The van der Waals surface area contributed by atoms with E-state index < -0.39 is 48.2 Å². The quantitative estimate of drug-likeness (QED) is 0.200. The number of ether oxygens (including phenoxy) is 3. The topological polar surface area (TPSA) is 106 Å². The number of esters is 1. The molecule has 0 saturated carbocycles. The van der Waals surface area contributed by atoms with Crippen LogP contribution in [0.5, 0.6) is 5.75 Å². The van der Waals surface area contributed by atoms with Gasteiger partial charge in [0.1, 0.15) is 17.4 Å². The van der Waals surface area contributed by atoms with Gasteiger partial charge in [-0.3, -0.25) is 14.4 Å². The fourth-order valence-electron chi connectivity index (χ4n) is 7.02. The molecule has 2 unspecified atom stereocenters. The van der Waals surface area contributed by atoms with Gasteiger partial charge in [-0.15, -0.1) is 13.2 Å². The number of methoxy groups -OCH3 is 1. The Morgan fingerprint density at radius 1 is 1.14 bits per heavy atom. The van der Waals surface area contributed by atoms with Gasteiger partial charge in [0.2, 0.25) is 5.91 Å². The third-order valence-corrected chi connectivity index (χ3v) is 8.95. The molecule has 3 fully saturated rings. The van der Waals surface area contributed by atoms with Crippen LogP contribution in [-0.4, -0.2) is 72.4 Å². The maximum Gasteiger partial charge on any atom is 0.312 e. The summed E-state index contributed by atoms with van der Waals surface area (Å²) in [6, 6.07) is 14.3. The largest absolute Gasteiger partial charge is 0.497 e. The predicted octanol–water partition coefficient (Wildman–Crippen LogP) is 4.22. The number of nitrogens with zero attached hydrogens (tertiary/aromatic N) is 2.